The van der Waals surface area contributed by atoms with Crippen molar-refractivity contribution in [2.45, 2.75) is 58.5 Å². The van der Waals surface area contributed by atoms with Gasteiger partial charge in [-0.25, -0.2) is 9.59 Å². The van der Waals surface area contributed by atoms with Crippen LogP contribution in [0.15, 0.2) is 48.5 Å². The SMILES string of the molecule is CC(CCC(=O)NC(C(=O)O)C(C)(C)C)NC(=O)OCC1c2ccccc2-c2ccccc21. The molecule has 0 heterocycles. The highest BCUT2D eigenvalue weighted by molar-refractivity contribution is 5.84. The molecule has 2 aromatic rings. The number of hydrogen-bond acceptors (Lipinski definition) is 4. The van der Waals surface area contributed by atoms with Crippen molar-refractivity contribution in [1.82, 2.24) is 10.6 Å². The topological polar surface area (TPSA) is 105 Å². The second-order valence-corrected chi connectivity index (χ2v) is 9.61. The summed E-state index contributed by atoms with van der Waals surface area (Å²) >= 11 is 0. The Kier molecular flexibility index (Phi) is 7.41. The molecular weight excluding hydrogens is 420 g/mol. The highest BCUT2D eigenvalue weighted by Gasteiger charge is 2.32. The molecule has 0 saturated heterocycles. The van der Waals surface area contributed by atoms with Gasteiger partial charge < -0.3 is 20.5 Å². The second-order valence-electron chi connectivity index (χ2n) is 9.61. The van der Waals surface area contributed by atoms with Crippen molar-refractivity contribution in [1.29, 1.82) is 0 Å². The standard InChI is InChI=1S/C26H32N2O5/c1-16(13-14-22(29)28-23(24(30)31)26(2,3)4)27-25(32)33-15-21-19-11-7-5-9-17(19)18-10-6-8-12-20(18)21/h5-12,16,21,23H,13-15H2,1-4H3,(H,27,32)(H,28,29)(H,30,31). The smallest absolute Gasteiger partial charge is 0.407 e. The number of benzene rings is 2. The van der Waals surface area contributed by atoms with Crippen molar-refractivity contribution in [2.24, 2.45) is 5.41 Å². The average molecular weight is 453 g/mol. The van der Waals surface area contributed by atoms with Crippen LogP contribution in [0.4, 0.5) is 4.79 Å². The lowest BCUT2D eigenvalue weighted by Crippen LogP contribution is -2.49. The maximum atomic E-state index is 12.4. The van der Waals surface area contributed by atoms with E-state index >= 15 is 0 Å². The molecule has 3 N–H and O–H groups in total. The number of fused-ring (bicyclic) bond motifs is 3. The van der Waals surface area contributed by atoms with Crippen LogP contribution in [0.1, 0.15) is 57.6 Å². The Morgan fingerprint density at radius 1 is 0.970 bits per heavy atom. The van der Waals surface area contributed by atoms with E-state index < -0.39 is 23.5 Å². The van der Waals surface area contributed by atoms with E-state index in [0.717, 1.165) is 22.3 Å². The molecule has 0 aliphatic heterocycles. The summed E-state index contributed by atoms with van der Waals surface area (Å²) in [6.07, 6.45) is -0.0696. The molecule has 1 aliphatic carbocycles. The number of carboxylic acid groups (broad SMARTS) is 1. The number of rotatable bonds is 8. The summed E-state index contributed by atoms with van der Waals surface area (Å²) in [5.74, 6) is -1.45. The Balaban J connectivity index is 1.49. The number of aliphatic carboxylic acids is 1. The van der Waals surface area contributed by atoms with Crippen molar-refractivity contribution in [3.8, 4) is 11.1 Å². The van der Waals surface area contributed by atoms with E-state index in [1.807, 2.05) is 24.3 Å². The van der Waals surface area contributed by atoms with E-state index in [4.69, 9.17) is 4.74 Å². The van der Waals surface area contributed by atoms with Crippen molar-refractivity contribution in [2.75, 3.05) is 6.61 Å². The number of hydrogen-bond donors (Lipinski definition) is 3. The Bertz CT molecular complexity index is 982. The molecule has 3 rings (SSSR count). The summed E-state index contributed by atoms with van der Waals surface area (Å²) in [6.45, 7) is 7.28. The van der Waals surface area contributed by atoms with Gasteiger partial charge in [0, 0.05) is 18.4 Å². The van der Waals surface area contributed by atoms with Gasteiger partial charge in [0.05, 0.1) is 0 Å². The fourth-order valence-corrected chi connectivity index (χ4v) is 4.14. The zero-order valence-electron chi connectivity index (χ0n) is 19.6. The molecular formula is C26H32N2O5. The first kappa shape index (κ1) is 24.3. The van der Waals surface area contributed by atoms with E-state index in [9.17, 15) is 19.5 Å². The summed E-state index contributed by atoms with van der Waals surface area (Å²) in [6, 6.07) is 15.0. The van der Waals surface area contributed by atoms with E-state index in [1.54, 1.807) is 27.7 Å². The Hall–Kier alpha value is -3.35. The number of carbonyl (C=O) groups is 3. The molecule has 33 heavy (non-hydrogen) atoms. The highest BCUT2D eigenvalue weighted by atomic mass is 16.5. The maximum Gasteiger partial charge on any atom is 0.407 e. The molecule has 7 heteroatoms. The number of alkyl carbamates (subject to hydrolysis) is 1. The molecule has 2 unspecified atom stereocenters. The summed E-state index contributed by atoms with van der Waals surface area (Å²) in [7, 11) is 0. The molecule has 0 bridgehead atoms. The predicted octanol–water partition coefficient (Wildman–Crippen LogP) is 4.31. The largest absolute Gasteiger partial charge is 0.480 e. The first-order chi connectivity index (χ1) is 15.6. The van der Waals surface area contributed by atoms with E-state index in [2.05, 4.69) is 34.9 Å². The zero-order valence-corrected chi connectivity index (χ0v) is 19.6. The highest BCUT2D eigenvalue weighted by Crippen LogP contribution is 2.44. The van der Waals surface area contributed by atoms with Crippen LogP contribution in [-0.4, -0.2) is 41.8 Å². The van der Waals surface area contributed by atoms with Crippen LogP contribution in [0.5, 0.6) is 0 Å². The number of carbonyl (C=O) groups excluding carboxylic acids is 2. The summed E-state index contributed by atoms with van der Waals surface area (Å²) in [5.41, 5.74) is 4.01. The normalized spacial score (nSPS) is 14.5. The Morgan fingerprint density at radius 3 is 2.03 bits per heavy atom. The first-order valence-corrected chi connectivity index (χ1v) is 11.2. The van der Waals surface area contributed by atoms with E-state index in [0.29, 0.717) is 6.42 Å². The van der Waals surface area contributed by atoms with Crippen LogP contribution in [0.2, 0.25) is 0 Å². The minimum Gasteiger partial charge on any atom is -0.480 e. The van der Waals surface area contributed by atoms with Crippen LogP contribution in [-0.2, 0) is 14.3 Å². The van der Waals surface area contributed by atoms with Crippen LogP contribution >= 0.6 is 0 Å². The second kappa shape index (κ2) is 10.1. The molecule has 0 saturated carbocycles. The third kappa shape index (κ3) is 5.92. The van der Waals surface area contributed by atoms with Crippen molar-refractivity contribution < 1.29 is 24.2 Å². The first-order valence-electron chi connectivity index (χ1n) is 11.2. The summed E-state index contributed by atoms with van der Waals surface area (Å²) in [4.78, 5) is 36.0. The fraction of sp³-hybridized carbons (Fsp3) is 0.423. The molecule has 2 amide bonds. The van der Waals surface area contributed by atoms with Crippen LogP contribution in [0.3, 0.4) is 0 Å². The van der Waals surface area contributed by atoms with Crippen LogP contribution < -0.4 is 10.6 Å². The third-order valence-corrected chi connectivity index (χ3v) is 5.93. The van der Waals surface area contributed by atoms with E-state index in [-0.39, 0.29) is 30.9 Å². The molecule has 7 nitrogen and oxygen atoms in total. The molecule has 176 valence electrons. The van der Waals surface area contributed by atoms with Gasteiger partial charge in [0.2, 0.25) is 5.91 Å². The molecule has 2 aromatic carbocycles. The van der Waals surface area contributed by atoms with Crippen LogP contribution in [0.25, 0.3) is 11.1 Å². The summed E-state index contributed by atoms with van der Waals surface area (Å²) in [5, 5.41) is 14.7. The lowest BCUT2D eigenvalue weighted by molar-refractivity contribution is -0.145. The lowest BCUT2D eigenvalue weighted by atomic mass is 9.86. The van der Waals surface area contributed by atoms with Gasteiger partial charge in [-0.3, -0.25) is 4.79 Å². The van der Waals surface area contributed by atoms with E-state index in [1.165, 1.54) is 0 Å². The number of amides is 2. The van der Waals surface area contributed by atoms with Gasteiger partial charge in [0.25, 0.3) is 0 Å². The number of ether oxygens (including phenoxy) is 1. The van der Waals surface area contributed by atoms with Gasteiger partial charge in [-0.1, -0.05) is 69.3 Å². The molecule has 0 spiro atoms. The maximum absolute atomic E-state index is 12.4. The quantitative estimate of drug-likeness (QED) is 0.554. The lowest BCUT2D eigenvalue weighted by Gasteiger charge is -2.28. The summed E-state index contributed by atoms with van der Waals surface area (Å²) < 4.78 is 5.53. The van der Waals surface area contributed by atoms with Crippen molar-refractivity contribution >= 4 is 18.0 Å². The Labute approximate surface area is 194 Å². The minimum absolute atomic E-state index is 0.0189. The third-order valence-electron chi connectivity index (χ3n) is 5.93. The minimum atomic E-state index is -1.07. The predicted molar refractivity (Wildman–Crippen MR) is 126 cm³/mol. The number of carboxylic acids is 1. The van der Waals surface area contributed by atoms with Gasteiger partial charge in [0.1, 0.15) is 12.6 Å². The zero-order chi connectivity index (χ0) is 24.2. The van der Waals surface area contributed by atoms with Gasteiger partial charge in [-0.2, -0.15) is 0 Å². The van der Waals surface area contributed by atoms with Crippen LogP contribution in [0, 0.1) is 5.41 Å². The molecule has 0 radical (unpaired) electrons. The Morgan fingerprint density at radius 2 is 1.52 bits per heavy atom. The fourth-order valence-electron chi connectivity index (χ4n) is 4.14. The van der Waals surface area contributed by atoms with Crippen molar-refractivity contribution in [3.63, 3.8) is 0 Å². The molecule has 1 aliphatic rings. The van der Waals surface area contributed by atoms with Gasteiger partial charge in [0.15, 0.2) is 0 Å². The van der Waals surface area contributed by atoms with Gasteiger partial charge in [-0.05, 0) is 41.0 Å². The number of nitrogens with one attached hydrogen (secondary N) is 2. The monoisotopic (exact) mass is 452 g/mol. The average Bonchev–Trinajstić information content (AvgIpc) is 3.07. The van der Waals surface area contributed by atoms with Gasteiger partial charge in [-0.15, -0.1) is 0 Å². The van der Waals surface area contributed by atoms with Gasteiger partial charge >= 0.3 is 12.1 Å². The molecule has 2 atom stereocenters. The molecule has 0 fully saturated rings. The van der Waals surface area contributed by atoms with Crippen molar-refractivity contribution in [3.05, 3.63) is 59.7 Å². The molecule has 0 aromatic heterocycles.